The summed E-state index contributed by atoms with van der Waals surface area (Å²) in [5.74, 6) is 0.573. The van der Waals surface area contributed by atoms with Crippen molar-refractivity contribution in [1.29, 1.82) is 5.26 Å². The van der Waals surface area contributed by atoms with Gasteiger partial charge in [-0.25, -0.2) is 4.98 Å². The molecule has 71 heavy (non-hydrogen) atoms. The molecule has 3 amide bonds. The summed E-state index contributed by atoms with van der Waals surface area (Å²) < 4.78 is 53.7. The molecule has 4 aromatic rings. The number of rotatable bonds is 15. The first-order valence-electron chi connectivity index (χ1n) is 24.4. The Morgan fingerprint density at radius 2 is 1.65 bits per heavy atom. The van der Waals surface area contributed by atoms with Gasteiger partial charge in [0.15, 0.2) is 11.3 Å². The van der Waals surface area contributed by atoms with E-state index in [9.17, 15) is 37.9 Å². The zero-order valence-electron chi connectivity index (χ0n) is 40.4. The number of amides is 3. The molecule has 2 aliphatic heterocycles. The summed E-state index contributed by atoms with van der Waals surface area (Å²) >= 11 is 7.42. The number of anilines is 2. The topological polar surface area (TPSA) is 160 Å². The lowest BCUT2D eigenvalue weighted by Gasteiger charge is -2.57. The number of aliphatic hydroxyl groups is 1. The fraction of sp³-hybridized carbons (Fsp3) is 0.509. The van der Waals surface area contributed by atoms with E-state index < -0.39 is 46.6 Å². The van der Waals surface area contributed by atoms with Crippen molar-refractivity contribution in [3.63, 3.8) is 0 Å². The maximum atomic E-state index is 14.0. The summed E-state index contributed by atoms with van der Waals surface area (Å²) in [5.41, 5.74) is 2.89. The number of hydrogen-bond donors (Lipinski definition) is 3. The number of ether oxygens (including phenoxy) is 2. The van der Waals surface area contributed by atoms with Gasteiger partial charge in [-0.2, -0.15) is 18.4 Å². The lowest BCUT2D eigenvalue weighted by Crippen LogP contribution is -2.58. The number of alkyl halides is 3. The van der Waals surface area contributed by atoms with Gasteiger partial charge in [0.1, 0.15) is 24.4 Å². The van der Waals surface area contributed by atoms with Crippen LogP contribution in [0.25, 0.3) is 10.4 Å². The minimum absolute atomic E-state index is 0.0715. The molecule has 1 unspecified atom stereocenters. The number of hydrogen-bond acceptors (Lipinski definition) is 10. The highest BCUT2D eigenvalue weighted by Crippen LogP contribution is 2.61. The molecule has 376 valence electrons. The summed E-state index contributed by atoms with van der Waals surface area (Å²) in [6.07, 6.45) is 1.46. The Bertz CT molecular complexity index is 2680. The Balaban J connectivity index is 0.697. The number of nitrogens with zero attached hydrogens (tertiary/aromatic N) is 5. The van der Waals surface area contributed by atoms with Gasteiger partial charge in [-0.15, -0.1) is 11.3 Å². The van der Waals surface area contributed by atoms with Crippen LogP contribution in [0.3, 0.4) is 0 Å². The Morgan fingerprint density at radius 3 is 2.25 bits per heavy atom. The van der Waals surface area contributed by atoms with Crippen LogP contribution in [0.5, 0.6) is 5.75 Å². The van der Waals surface area contributed by atoms with Crippen molar-refractivity contribution in [3.05, 3.63) is 94.6 Å². The Kier molecular flexibility index (Phi) is 14.0. The number of carbonyl (C=O) groups excluding carboxylic acids is 3. The third-order valence-corrected chi connectivity index (χ3v) is 16.6. The highest BCUT2D eigenvalue weighted by molar-refractivity contribution is 7.80. The number of aryl methyl sites for hydroxylation is 1. The minimum atomic E-state index is -4.75. The van der Waals surface area contributed by atoms with E-state index in [0.717, 1.165) is 65.9 Å². The quantitative estimate of drug-likeness (QED) is 0.0977. The molecule has 3 heterocycles. The molecule has 2 saturated heterocycles. The fourth-order valence-corrected chi connectivity index (χ4v) is 12.8. The second kappa shape index (κ2) is 19.8. The van der Waals surface area contributed by atoms with Gasteiger partial charge in [0.2, 0.25) is 17.7 Å². The first-order chi connectivity index (χ1) is 33.8. The van der Waals surface area contributed by atoms with E-state index in [1.165, 1.54) is 11.0 Å². The number of thiocarbonyl (C=S) groups is 1. The van der Waals surface area contributed by atoms with Crippen LogP contribution in [-0.4, -0.2) is 88.0 Å². The van der Waals surface area contributed by atoms with Crippen molar-refractivity contribution in [2.24, 2.45) is 22.7 Å². The van der Waals surface area contributed by atoms with Gasteiger partial charge in [-0.3, -0.25) is 19.3 Å². The molecule has 13 nitrogen and oxygen atoms in total. The molecule has 3 aromatic carbocycles. The molecule has 5 aliphatic rings. The number of aliphatic hydroxyl groups excluding tert-OH is 1. The number of likely N-dealkylation sites (tertiary alicyclic amines) is 1. The number of halogens is 3. The Labute approximate surface area is 421 Å². The van der Waals surface area contributed by atoms with Crippen LogP contribution in [0.15, 0.2) is 72.2 Å². The molecular formula is C53H60F3N7O6S2. The summed E-state index contributed by atoms with van der Waals surface area (Å²) in [6.45, 7) is 9.32. The molecule has 5 fully saturated rings. The zero-order chi connectivity index (χ0) is 50.5. The first kappa shape index (κ1) is 50.3. The van der Waals surface area contributed by atoms with Crippen molar-refractivity contribution in [1.82, 2.24) is 20.5 Å². The maximum Gasteiger partial charge on any atom is 0.417 e. The molecule has 3 saturated carbocycles. The van der Waals surface area contributed by atoms with Gasteiger partial charge in [0, 0.05) is 24.5 Å². The van der Waals surface area contributed by atoms with E-state index in [4.69, 9.17) is 21.7 Å². The van der Waals surface area contributed by atoms with Gasteiger partial charge < -0.3 is 35.0 Å². The van der Waals surface area contributed by atoms with Gasteiger partial charge >= 0.3 is 6.18 Å². The second-order valence-corrected chi connectivity index (χ2v) is 22.5. The van der Waals surface area contributed by atoms with Crippen LogP contribution in [0.2, 0.25) is 0 Å². The summed E-state index contributed by atoms with van der Waals surface area (Å²) in [5, 5.41) is 27.0. The van der Waals surface area contributed by atoms with Gasteiger partial charge in [-0.1, -0.05) is 45.0 Å². The molecular weight excluding hydrogens is 952 g/mol. The van der Waals surface area contributed by atoms with E-state index >= 15 is 0 Å². The zero-order valence-corrected chi connectivity index (χ0v) is 42.0. The summed E-state index contributed by atoms with van der Waals surface area (Å²) in [4.78, 5) is 51.0. The molecule has 9 rings (SSSR count). The van der Waals surface area contributed by atoms with Crippen molar-refractivity contribution >= 4 is 57.8 Å². The first-order valence-corrected chi connectivity index (χ1v) is 25.7. The SMILES string of the molecule is Cc1ncsc1-c1ccc(CNC(=O)[C@@H]2CCCN2C(=O)[C@@H](NC(=O)COCC2CC3(C2)CC(COc2ccc(N4C(=S)N(c5ccc(C#N)c(C(F)(F)F)c5)C(O)C45CCC5)cc2)C3)C(C)(C)C)cc1. The van der Waals surface area contributed by atoms with E-state index in [1.807, 2.05) is 86.6 Å². The average Bonchev–Trinajstić information content (AvgIpc) is 4.02. The largest absolute Gasteiger partial charge is 0.493 e. The van der Waals surface area contributed by atoms with Crippen LogP contribution >= 0.6 is 23.6 Å². The van der Waals surface area contributed by atoms with Crippen LogP contribution in [0.1, 0.15) is 101 Å². The number of benzene rings is 3. The highest BCUT2D eigenvalue weighted by Gasteiger charge is 2.59. The summed E-state index contributed by atoms with van der Waals surface area (Å²) in [7, 11) is 0. The molecule has 3 aliphatic carbocycles. The highest BCUT2D eigenvalue weighted by atomic mass is 32.1. The third-order valence-electron chi connectivity index (χ3n) is 15.2. The standard InChI is InChI=1S/C53H60F3N7O6S2/c1-32-44(71-31-59-32)36-10-8-33(9-11-36)27-58-46(65)42-7-5-20-61(42)47(66)45(50(2,3)4)60-43(64)30-68-28-34-22-51(23-34)24-35(25-51)29-69-40-16-14-38(15-17-40)63-49(70)62(48(67)52(63)18-6-19-52)39-13-12-37(26-57)41(21-39)53(54,55)56/h8-17,21,31,34-35,42,45,48,67H,5-7,18-20,22-25,27-30H2,1-4H3,(H,58,65)(H,60,64)/t34?,35?,42-,45+,48?,51?/m0/s1. The number of thiazole rings is 1. The van der Waals surface area contributed by atoms with Crippen LogP contribution in [0, 0.1) is 40.9 Å². The molecule has 1 aromatic heterocycles. The molecule has 18 heteroatoms. The van der Waals surface area contributed by atoms with E-state index in [1.54, 1.807) is 22.3 Å². The lowest BCUT2D eigenvalue weighted by molar-refractivity contribution is -0.145. The van der Waals surface area contributed by atoms with Crippen molar-refractivity contribution < 1.29 is 42.1 Å². The molecule has 2 spiro atoms. The Morgan fingerprint density at radius 1 is 0.972 bits per heavy atom. The fourth-order valence-electron chi connectivity index (χ4n) is 11.5. The molecule has 0 radical (unpaired) electrons. The normalized spacial score (nSPS) is 24.0. The van der Waals surface area contributed by atoms with Gasteiger partial charge in [0.05, 0.1) is 52.0 Å². The van der Waals surface area contributed by atoms with Crippen molar-refractivity contribution in [3.8, 4) is 22.3 Å². The van der Waals surface area contributed by atoms with Crippen molar-refractivity contribution in [2.45, 2.75) is 122 Å². The number of carbonyl (C=O) groups is 3. The number of nitrogens with one attached hydrogen (secondary N) is 2. The predicted molar refractivity (Wildman–Crippen MR) is 267 cm³/mol. The maximum absolute atomic E-state index is 14.0. The number of aromatic nitrogens is 1. The van der Waals surface area contributed by atoms with Crippen molar-refractivity contribution in [2.75, 3.05) is 36.2 Å². The predicted octanol–water partition coefficient (Wildman–Crippen LogP) is 8.90. The number of nitriles is 1. The average molecular weight is 1010 g/mol. The second-order valence-electron chi connectivity index (χ2n) is 21.3. The van der Waals surface area contributed by atoms with Crippen LogP contribution in [0.4, 0.5) is 24.5 Å². The van der Waals surface area contributed by atoms with E-state index in [-0.39, 0.29) is 40.5 Å². The lowest BCUT2D eigenvalue weighted by atomic mass is 9.48. The Hall–Kier alpha value is -5.61. The van der Waals surface area contributed by atoms with Gasteiger partial charge in [0.25, 0.3) is 0 Å². The minimum Gasteiger partial charge on any atom is -0.493 e. The van der Waals surface area contributed by atoms with E-state index in [2.05, 4.69) is 15.6 Å². The molecule has 3 N–H and O–H groups in total. The molecule has 3 atom stereocenters. The monoisotopic (exact) mass is 1010 g/mol. The third kappa shape index (κ3) is 10.1. The smallest absolute Gasteiger partial charge is 0.417 e. The van der Waals surface area contributed by atoms with Crippen LogP contribution in [-0.2, 0) is 31.8 Å². The van der Waals surface area contributed by atoms with Crippen LogP contribution < -0.4 is 25.2 Å². The summed E-state index contributed by atoms with van der Waals surface area (Å²) in [6, 6.07) is 19.0. The van der Waals surface area contributed by atoms with E-state index in [0.29, 0.717) is 75.3 Å². The van der Waals surface area contributed by atoms with Gasteiger partial charge in [-0.05, 0) is 153 Å². The molecule has 0 bridgehead atoms.